The Labute approximate surface area is 244 Å². The zero-order chi connectivity index (χ0) is 27.3. The Balaban J connectivity index is 1.61. The van der Waals surface area contributed by atoms with Crippen molar-refractivity contribution in [1.82, 2.24) is 0 Å². The van der Waals surface area contributed by atoms with E-state index in [1.54, 1.807) is 0 Å². The van der Waals surface area contributed by atoms with Gasteiger partial charge in [-0.05, 0) is 33.9 Å². The fourth-order valence-electron chi connectivity index (χ4n) is 6.06. The molecule has 2 aliphatic rings. The number of hydrogen-bond acceptors (Lipinski definition) is 3. The van der Waals surface area contributed by atoms with Crippen molar-refractivity contribution in [2.45, 2.75) is 0 Å². The molecule has 0 atom stereocenters. The molecule has 1 nitrogen and oxygen atoms in total. The molecule has 5 aromatic carbocycles. The van der Waals surface area contributed by atoms with Crippen molar-refractivity contribution >= 4 is 73.6 Å². The molecule has 0 radical (unpaired) electrons. The first kappa shape index (κ1) is 25.0. The molecule has 0 unspecified atom stereocenters. The van der Waals surface area contributed by atoms with Gasteiger partial charge in [0.2, 0.25) is 0 Å². The third-order valence-corrected chi connectivity index (χ3v) is 13.2. The summed E-state index contributed by atoms with van der Waals surface area (Å²) in [6, 6.07) is 47.6. The summed E-state index contributed by atoms with van der Waals surface area (Å²) in [6.45, 7) is -2.41. The lowest BCUT2D eigenvalue weighted by Crippen LogP contribution is -2.46. The fourth-order valence-corrected chi connectivity index (χ4v) is 12.0. The van der Waals surface area contributed by atoms with E-state index in [1.165, 1.54) is 15.9 Å². The predicted octanol–water partition coefficient (Wildman–Crippen LogP) is 6.95. The summed E-state index contributed by atoms with van der Waals surface area (Å²) in [6.07, 6.45) is 0. The second-order valence-electron chi connectivity index (χ2n) is 9.85. The first-order chi connectivity index (χ1) is 19.6. The summed E-state index contributed by atoms with van der Waals surface area (Å²) < 4.78 is 0. The second-order valence-corrected chi connectivity index (χ2v) is 14.0. The largest absolute Gasteiger partial charge is 0.289 e. The van der Waals surface area contributed by atoms with E-state index in [9.17, 15) is 4.79 Å². The fraction of sp³-hybridized carbons (Fsp3) is 0. The molecule has 0 aliphatic heterocycles. The van der Waals surface area contributed by atoms with Gasteiger partial charge in [0.25, 0.3) is 0 Å². The van der Waals surface area contributed by atoms with Crippen LogP contribution in [0.5, 0.6) is 0 Å². The highest BCUT2D eigenvalue weighted by Crippen LogP contribution is 2.52. The maximum Gasteiger partial charge on any atom is 0.194 e. The molecule has 7 rings (SSSR count). The van der Waals surface area contributed by atoms with Gasteiger partial charge in [0.1, 0.15) is 0 Å². The van der Waals surface area contributed by atoms with Crippen LogP contribution < -0.4 is 15.9 Å². The molecule has 2 aliphatic carbocycles. The maximum atomic E-state index is 13.4. The zero-order valence-corrected chi connectivity index (χ0v) is 24.0. The maximum absolute atomic E-state index is 13.4. The first-order valence-corrected chi connectivity index (χ1v) is 15.7. The van der Waals surface area contributed by atoms with Crippen LogP contribution in [0.3, 0.4) is 0 Å². The molecule has 0 aromatic heterocycles. The van der Waals surface area contributed by atoms with E-state index in [-0.39, 0.29) is 5.78 Å². The summed E-state index contributed by atoms with van der Waals surface area (Å²) in [7, 11) is 0. The van der Waals surface area contributed by atoms with Crippen molar-refractivity contribution in [2.75, 3.05) is 0 Å². The van der Waals surface area contributed by atoms with Gasteiger partial charge in [-0.2, -0.15) is 0 Å². The van der Waals surface area contributed by atoms with Crippen LogP contribution in [0.4, 0.5) is 0 Å². The van der Waals surface area contributed by atoms with Gasteiger partial charge in [-0.3, -0.25) is 4.79 Å². The van der Waals surface area contributed by atoms with Crippen LogP contribution in [-0.2, 0) is 0 Å². The summed E-state index contributed by atoms with van der Waals surface area (Å²) in [5.74, 6) is 0.0376. The van der Waals surface area contributed by atoms with Gasteiger partial charge in [-0.15, -0.1) is 0 Å². The molecule has 1 fully saturated rings. The van der Waals surface area contributed by atoms with Crippen molar-refractivity contribution in [2.24, 2.45) is 0 Å². The van der Waals surface area contributed by atoms with Gasteiger partial charge in [-0.25, -0.2) is 0 Å². The Kier molecular flexibility index (Phi) is 6.17. The Morgan fingerprint density at radius 2 is 0.725 bits per heavy atom. The van der Waals surface area contributed by atoms with Crippen LogP contribution in [0.1, 0.15) is 27.0 Å². The Hall–Kier alpha value is -4.01. The van der Waals surface area contributed by atoms with E-state index in [0.717, 1.165) is 37.3 Å². The van der Waals surface area contributed by atoms with Crippen LogP contribution >= 0.6 is 31.3 Å². The smallest absolute Gasteiger partial charge is 0.194 e. The molecule has 1 saturated carbocycles. The summed E-state index contributed by atoms with van der Waals surface area (Å²) in [4.78, 5) is 15.0. The minimum Gasteiger partial charge on any atom is -0.289 e. The van der Waals surface area contributed by atoms with Crippen molar-refractivity contribution < 1.29 is 4.79 Å². The number of carbonyl (C=O) groups excluding carboxylic acids is 1. The first-order valence-electron chi connectivity index (χ1n) is 13.1. The Morgan fingerprint density at radius 1 is 0.400 bits per heavy atom. The van der Waals surface area contributed by atoms with E-state index in [1.807, 2.05) is 48.5 Å². The van der Waals surface area contributed by atoms with Gasteiger partial charge in [0.05, 0.1) is 9.73 Å². The van der Waals surface area contributed by atoms with Crippen molar-refractivity contribution in [1.29, 1.82) is 0 Å². The molecule has 0 heterocycles. The number of allylic oxidation sites excluding steroid dienone is 1. The zero-order valence-electron chi connectivity index (χ0n) is 21.5. The van der Waals surface area contributed by atoms with Gasteiger partial charge in [-0.1, -0.05) is 164 Å². The lowest BCUT2D eigenvalue weighted by molar-refractivity contribution is 0.103. The van der Waals surface area contributed by atoms with Crippen molar-refractivity contribution in [3.63, 3.8) is 0 Å². The molecule has 0 saturated heterocycles. The SMILES string of the molecule is O=C1c2ccccc2C(=C2C(=S)C(=P(c3ccccc3)(c3ccccc3)c3ccccc3)C2=S)c2ccccc21. The summed E-state index contributed by atoms with van der Waals surface area (Å²) in [5, 5.41) is 4.72. The highest BCUT2D eigenvalue weighted by molar-refractivity contribution is 8.04. The van der Waals surface area contributed by atoms with E-state index in [4.69, 9.17) is 24.4 Å². The van der Waals surface area contributed by atoms with E-state index in [0.29, 0.717) is 11.1 Å². The monoisotopic (exact) mass is 566 g/mol. The topological polar surface area (TPSA) is 17.1 Å². The number of benzene rings is 5. The molecule has 190 valence electrons. The van der Waals surface area contributed by atoms with Crippen LogP contribution in [-0.4, -0.2) is 20.8 Å². The standard InChI is InChI=1S/C36H23OPS2/c37-33-29-22-12-10-20-27(29)31(28-21-11-13-23-30(28)33)32-35(39)34(36(32)40)38(24-14-4-1-5-15-24,25-16-6-2-7-17-25)26-18-8-3-9-19-26/h1-23H. The van der Waals surface area contributed by atoms with E-state index >= 15 is 0 Å². The Morgan fingerprint density at radius 3 is 1.10 bits per heavy atom. The third kappa shape index (κ3) is 3.56. The van der Waals surface area contributed by atoms with Crippen molar-refractivity contribution in [3.8, 4) is 0 Å². The second kappa shape index (κ2) is 9.87. The lowest BCUT2D eigenvalue weighted by Gasteiger charge is -2.40. The van der Waals surface area contributed by atoms with Gasteiger partial charge >= 0.3 is 0 Å². The molecule has 0 spiro atoms. The van der Waals surface area contributed by atoms with Crippen LogP contribution in [0.15, 0.2) is 145 Å². The number of rotatable bonds is 3. The third-order valence-electron chi connectivity index (χ3n) is 7.78. The summed E-state index contributed by atoms with van der Waals surface area (Å²) in [5.41, 5.74) is 5.05. The van der Waals surface area contributed by atoms with Gasteiger partial charge in [0, 0.05) is 27.6 Å². The number of fused-ring (bicyclic) bond motifs is 2. The quantitative estimate of drug-likeness (QED) is 0.131. The van der Waals surface area contributed by atoms with Gasteiger partial charge in [0.15, 0.2) is 5.78 Å². The molecular weight excluding hydrogens is 544 g/mol. The number of hydrogen-bond donors (Lipinski definition) is 0. The van der Waals surface area contributed by atoms with Crippen LogP contribution in [0.25, 0.3) is 5.57 Å². The van der Waals surface area contributed by atoms with E-state index < -0.39 is 6.89 Å². The van der Waals surface area contributed by atoms with Crippen LogP contribution in [0, 0.1) is 0 Å². The normalized spacial score (nSPS) is 14.5. The predicted molar refractivity (Wildman–Crippen MR) is 178 cm³/mol. The minimum atomic E-state index is -2.41. The van der Waals surface area contributed by atoms with Gasteiger partial charge < -0.3 is 0 Å². The molecule has 0 bridgehead atoms. The number of thiocarbonyl (C=S) groups is 2. The van der Waals surface area contributed by atoms with Crippen LogP contribution in [0.2, 0.25) is 0 Å². The lowest BCUT2D eigenvalue weighted by atomic mass is 9.74. The number of carbonyl (C=O) groups is 1. The minimum absolute atomic E-state index is 0.0376. The van der Waals surface area contributed by atoms with E-state index in [2.05, 4.69) is 91.0 Å². The molecule has 5 aromatic rings. The average Bonchev–Trinajstić information content (AvgIpc) is 3.03. The molecular formula is C36H23OPS2. The highest BCUT2D eigenvalue weighted by atomic mass is 32.1. The molecule has 0 amide bonds. The molecule has 40 heavy (non-hydrogen) atoms. The average molecular weight is 567 g/mol. The summed E-state index contributed by atoms with van der Waals surface area (Å²) >= 11 is 12.8. The molecule has 0 N–H and O–H groups in total. The van der Waals surface area contributed by atoms with Crippen molar-refractivity contribution in [3.05, 3.63) is 167 Å². The Bertz CT molecular complexity index is 1760. The molecule has 4 heteroatoms. The number of ketones is 1. The highest BCUT2D eigenvalue weighted by Gasteiger charge is 2.44.